The van der Waals surface area contributed by atoms with Crippen LogP contribution < -0.4 is 21.3 Å². The molecule has 1 fully saturated rings. The number of anilines is 2. The van der Waals surface area contributed by atoms with Gasteiger partial charge in [-0.15, -0.1) is 12.8 Å². The first-order valence-corrected chi connectivity index (χ1v) is 12.9. The standard InChI is InChI=1S/C29H42N4O3.C2H2/c1-7-8-22(20-23-15-17-30-18-16-23)9-14-27(34)32-24-10-12-25(13-11-24)33-28(35)31-21(2)19-26(36-6)29(3,4)5;1-2/h7-13,19,23,30H,2,14-18,20H2,1,3-6H3,(H,32,34)(H2,31,33,35);1-2H/b8-7-,22-9+,26-19-;. The summed E-state index contributed by atoms with van der Waals surface area (Å²) in [5, 5.41) is 11.8. The Balaban J connectivity index is 0.00000352. The maximum Gasteiger partial charge on any atom is 0.323 e. The van der Waals surface area contributed by atoms with Crippen LogP contribution in [0.25, 0.3) is 0 Å². The molecule has 7 heteroatoms. The van der Waals surface area contributed by atoms with Crippen molar-refractivity contribution < 1.29 is 14.3 Å². The first-order valence-electron chi connectivity index (χ1n) is 12.9. The molecule has 206 valence electrons. The molecule has 0 radical (unpaired) electrons. The molecule has 7 nitrogen and oxygen atoms in total. The second kappa shape index (κ2) is 16.9. The molecule has 0 spiro atoms. The van der Waals surface area contributed by atoms with Gasteiger partial charge >= 0.3 is 6.03 Å². The topological polar surface area (TPSA) is 91.5 Å². The van der Waals surface area contributed by atoms with Gasteiger partial charge in [-0.25, -0.2) is 4.79 Å². The molecule has 1 heterocycles. The first-order chi connectivity index (χ1) is 18.1. The Morgan fingerprint density at radius 1 is 1.11 bits per heavy atom. The van der Waals surface area contributed by atoms with Crippen molar-refractivity contribution >= 4 is 23.3 Å². The van der Waals surface area contributed by atoms with Crippen molar-refractivity contribution in [1.29, 1.82) is 0 Å². The van der Waals surface area contributed by atoms with Crippen LogP contribution in [0, 0.1) is 24.2 Å². The molecule has 3 amide bonds. The van der Waals surface area contributed by atoms with Gasteiger partial charge in [-0.2, -0.15) is 0 Å². The van der Waals surface area contributed by atoms with E-state index >= 15 is 0 Å². The van der Waals surface area contributed by atoms with Gasteiger partial charge in [0.25, 0.3) is 0 Å². The van der Waals surface area contributed by atoms with Gasteiger partial charge in [0.15, 0.2) is 0 Å². The van der Waals surface area contributed by atoms with E-state index in [1.54, 1.807) is 37.5 Å². The number of terminal acetylenes is 1. The largest absolute Gasteiger partial charge is 0.500 e. The fraction of sp³-hybridized carbons (Fsp3) is 0.419. The van der Waals surface area contributed by atoms with Crippen molar-refractivity contribution in [2.75, 3.05) is 30.8 Å². The van der Waals surface area contributed by atoms with E-state index in [0.29, 0.717) is 35.2 Å². The summed E-state index contributed by atoms with van der Waals surface area (Å²) in [6, 6.07) is 6.59. The number of ether oxygens (including phenoxy) is 1. The van der Waals surface area contributed by atoms with E-state index < -0.39 is 6.03 Å². The Morgan fingerprint density at radius 3 is 2.21 bits per heavy atom. The zero-order chi connectivity index (χ0) is 28.6. The molecule has 2 rings (SSSR count). The molecule has 1 aromatic carbocycles. The lowest BCUT2D eigenvalue weighted by molar-refractivity contribution is -0.115. The number of hydrogen-bond donors (Lipinski definition) is 4. The first kappa shape index (κ1) is 32.3. The minimum absolute atomic E-state index is 0.0725. The summed E-state index contributed by atoms with van der Waals surface area (Å²) in [6.07, 6.45) is 19.5. The Morgan fingerprint density at radius 2 is 1.68 bits per heavy atom. The lowest BCUT2D eigenvalue weighted by Gasteiger charge is -2.23. The van der Waals surface area contributed by atoms with Crippen LogP contribution in [-0.2, 0) is 9.53 Å². The molecule has 1 saturated heterocycles. The number of urea groups is 1. The Kier molecular flexibility index (Phi) is 14.3. The molecule has 0 aliphatic carbocycles. The fourth-order valence-electron chi connectivity index (χ4n) is 4.01. The molecule has 0 atom stereocenters. The summed E-state index contributed by atoms with van der Waals surface area (Å²) in [6.45, 7) is 14.1. The summed E-state index contributed by atoms with van der Waals surface area (Å²) in [5.74, 6) is 1.31. The van der Waals surface area contributed by atoms with Gasteiger partial charge in [-0.3, -0.25) is 4.79 Å². The smallest absolute Gasteiger partial charge is 0.323 e. The van der Waals surface area contributed by atoms with E-state index in [1.165, 1.54) is 18.4 Å². The minimum Gasteiger partial charge on any atom is -0.500 e. The molecule has 4 N–H and O–H groups in total. The number of allylic oxidation sites excluding steroid dienone is 5. The lowest BCUT2D eigenvalue weighted by Crippen LogP contribution is -2.27. The highest BCUT2D eigenvalue weighted by molar-refractivity contribution is 5.93. The van der Waals surface area contributed by atoms with Crippen LogP contribution in [0.5, 0.6) is 0 Å². The summed E-state index contributed by atoms with van der Waals surface area (Å²) in [4.78, 5) is 24.8. The molecule has 0 bridgehead atoms. The number of hydrogen-bond acceptors (Lipinski definition) is 4. The van der Waals surface area contributed by atoms with Gasteiger partial charge < -0.3 is 26.0 Å². The Hall–Kier alpha value is -3.76. The quantitative estimate of drug-likeness (QED) is 0.164. The lowest BCUT2D eigenvalue weighted by atomic mass is 9.90. The molecule has 38 heavy (non-hydrogen) atoms. The zero-order valence-electron chi connectivity index (χ0n) is 23.5. The number of nitrogens with one attached hydrogen (secondary N) is 4. The van der Waals surface area contributed by atoms with Gasteiger partial charge in [0, 0.05) is 28.9 Å². The van der Waals surface area contributed by atoms with Crippen LogP contribution in [0.15, 0.2) is 72.2 Å². The molecular formula is C31H44N4O3. The van der Waals surface area contributed by atoms with Crippen molar-refractivity contribution in [3.05, 3.63) is 72.2 Å². The van der Waals surface area contributed by atoms with Crippen LogP contribution in [0.4, 0.5) is 16.2 Å². The number of amides is 3. The summed E-state index contributed by atoms with van der Waals surface area (Å²) in [5.41, 5.74) is 2.71. The van der Waals surface area contributed by atoms with Crippen molar-refractivity contribution in [3.63, 3.8) is 0 Å². The normalized spacial score (nSPS) is 14.7. The second-order valence-electron chi connectivity index (χ2n) is 10.1. The Bertz CT molecular complexity index is 1020. The van der Waals surface area contributed by atoms with Crippen LogP contribution in [0.2, 0.25) is 0 Å². The maximum absolute atomic E-state index is 12.5. The molecule has 1 aromatic rings. The highest BCUT2D eigenvalue weighted by Crippen LogP contribution is 2.26. The third-order valence-corrected chi connectivity index (χ3v) is 5.88. The molecule has 1 aliphatic rings. The monoisotopic (exact) mass is 520 g/mol. The van der Waals surface area contributed by atoms with Crippen molar-refractivity contribution in [3.8, 4) is 12.8 Å². The SMILES string of the molecule is C#C.C=C(/C=C(\OC)C(C)(C)C)NC(=O)Nc1ccc(NC(=O)C/C=C(\C=C/C)CC2CCNCC2)cc1. The molecular weight excluding hydrogens is 476 g/mol. The summed E-state index contributed by atoms with van der Waals surface area (Å²) >= 11 is 0. The van der Waals surface area contributed by atoms with Gasteiger partial charge in [0.2, 0.25) is 5.91 Å². The molecule has 1 aliphatic heterocycles. The van der Waals surface area contributed by atoms with E-state index in [0.717, 1.165) is 19.5 Å². The Labute approximate surface area is 228 Å². The van der Waals surface area contributed by atoms with Crippen molar-refractivity contribution in [2.24, 2.45) is 11.3 Å². The number of methoxy groups -OCH3 is 1. The minimum atomic E-state index is -0.409. The summed E-state index contributed by atoms with van der Waals surface area (Å²) in [7, 11) is 1.59. The second-order valence-corrected chi connectivity index (χ2v) is 10.1. The van der Waals surface area contributed by atoms with E-state index in [-0.39, 0.29) is 11.3 Å². The fourth-order valence-corrected chi connectivity index (χ4v) is 4.01. The van der Waals surface area contributed by atoms with E-state index in [2.05, 4.69) is 46.8 Å². The van der Waals surface area contributed by atoms with Gasteiger partial charge in [-0.05, 0) is 75.5 Å². The van der Waals surface area contributed by atoms with E-state index in [1.807, 2.05) is 39.8 Å². The average Bonchev–Trinajstić information content (AvgIpc) is 2.88. The zero-order valence-corrected chi connectivity index (χ0v) is 23.5. The van der Waals surface area contributed by atoms with Crippen LogP contribution in [-0.4, -0.2) is 32.1 Å². The van der Waals surface area contributed by atoms with Crippen molar-refractivity contribution in [1.82, 2.24) is 10.6 Å². The van der Waals surface area contributed by atoms with Gasteiger partial charge in [0.1, 0.15) is 5.76 Å². The molecule has 0 unspecified atom stereocenters. The highest BCUT2D eigenvalue weighted by atomic mass is 16.5. The van der Waals surface area contributed by atoms with E-state index in [9.17, 15) is 9.59 Å². The predicted octanol–water partition coefficient (Wildman–Crippen LogP) is 6.37. The van der Waals surface area contributed by atoms with Crippen LogP contribution >= 0.6 is 0 Å². The highest BCUT2D eigenvalue weighted by Gasteiger charge is 2.18. The number of piperidine rings is 1. The van der Waals surface area contributed by atoms with Gasteiger partial charge in [0.05, 0.1) is 7.11 Å². The predicted molar refractivity (Wildman–Crippen MR) is 159 cm³/mol. The molecule has 0 saturated carbocycles. The van der Waals surface area contributed by atoms with Crippen LogP contribution in [0.1, 0.15) is 53.4 Å². The van der Waals surface area contributed by atoms with E-state index in [4.69, 9.17) is 4.74 Å². The molecule has 0 aromatic heterocycles. The number of carbonyl (C=O) groups excluding carboxylic acids is 2. The third kappa shape index (κ3) is 12.5. The van der Waals surface area contributed by atoms with Crippen LogP contribution in [0.3, 0.4) is 0 Å². The van der Waals surface area contributed by atoms with Crippen molar-refractivity contribution in [2.45, 2.75) is 53.4 Å². The number of carbonyl (C=O) groups is 2. The number of benzene rings is 1. The third-order valence-electron chi connectivity index (χ3n) is 5.88. The van der Waals surface area contributed by atoms with Gasteiger partial charge in [-0.1, -0.05) is 51.2 Å². The number of rotatable bonds is 10. The summed E-state index contributed by atoms with van der Waals surface area (Å²) < 4.78 is 5.39. The maximum atomic E-state index is 12.5. The average molecular weight is 521 g/mol.